The Morgan fingerprint density at radius 2 is 1.97 bits per heavy atom. The van der Waals surface area contributed by atoms with Crippen molar-refractivity contribution in [2.24, 2.45) is 0 Å². The summed E-state index contributed by atoms with van der Waals surface area (Å²) < 4.78 is 15.2. The summed E-state index contributed by atoms with van der Waals surface area (Å²) in [6.07, 6.45) is 2.14. The highest BCUT2D eigenvalue weighted by molar-refractivity contribution is 5.99. The van der Waals surface area contributed by atoms with Crippen molar-refractivity contribution >= 4 is 17.6 Å². The van der Waals surface area contributed by atoms with Gasteiger partial charge in [0.1, 0.15) is 18.6 Å². The highest BCUT2D eigenvalue weighted by atomic mass is 16.5. The number of amides is 2. The summed E-state index contributed by atoms with van der Waals surface area (Å²) in [5.74, 6) is 0.460. The molecule has 0 radical (unpaired) electrons. The third-order valence-electron chi connectivity index (χ3n) is 4.67. The Morgan fingerprint density at radius 3 is 2.62 bits per heavy atom. The number of aromatic nitrogens is 1. The molecule has 29 heavy (non-hydrogen) atoms. The summed E-state index contributed by atoms with van der Waals surface area (Å²) in [5.41, 5.74) is 0.506. The molecule has 0 saturated carbocycles. The van der Waals surface area contributed by atoms with E-state index in [4.69, 9.17) is 14.0 Å². The fourth-order valence-corrected chi connectivity index (χ4v) is 3.11. The minimum atomic E-state index is -0.327. The average Bonchev–Trinajstić information content (AvgIpc) is 3.26. The highest BCUT2D eigenvalue weighted by Crippen LogP contribution is 2.14. The minimum Gasteiger partial charge on any atom is -0.497 e. The monoisotopic (exact) mass is 402 g/mol. The molecule has 0 spiro atoms. The zero-order valence-electron chi connectivity index (χ0n) is 16.5. The van der Waals surface area contributed by atoms with Crippen molar-refractivity contribution in [1.29, 1.82) is 0 Å². The van der Waals surface area contributed by atoms with Crippen LogP contribution in [0.15, 0.2) is 41.1 Å². The van der Waals surface area contributed by atoms with Gasteiger partial charge in [-0.05, 0) is 30.7 Å². The molecule has 9 heteroatoms. The number of nitrogens with zero attached hydrogens (tertiary/aromatic N) is 3. The van der Waals surface area contributed by atoms with E-state index in [-0.39, 0.29) is 18.4 Å². The first-order valence-corrected chi connectivity index (χ1v) is 9.59. The second kappa shape index (κ2) is 10.6. The molecule has 0 bridgehead atoms. The van der Waals surface area contributed by atoms with Gasteiger partial charge in [-0.15, -0.1) is 0 Å². The number of hydrogen-bond donors (Lipinski definition) is 1. The molecule has 2 heterocycles. The third-order valence-corrected chi connectivity index (χ3v) is 4.67. The van der Waals surface area contributed by atoms with Crippen LogP contribution in [-0.4, -0.2) is 79.8 Å². The Morgan fingerprint density at radius 1 is 1.21 bits per heavy atom. The Balaban J connectivity index is 1.61. The summed E-state index contributed by atoms with van der Waals surface area (Å²) in [6, 6.07) is 8.41. The summed E-state index contributed by atoms with van der Waals surface area (Å²) in [6.45, 7) is 4.48. The van der Waals surface area contributed by atoms with Crippen LogP contribution in [0.1, 0.15) is 16.8 Å². The van der Waals surface area contributed by atoms with E-state index in [0.717, 1.165) is 39.3 Å². The Hall–Kier alpha value is -2.91. The van der Waals surface area contributed by atoms with Gasteiger partial charge in [0.05, 0.1) is 20.3 Å². The van der Waals surface area contributed by atoms with Crippen molar-refractivity contribution in [2.75, 3.05) is 58.4 Å². The van der Waals surface area contributed by atoms with Gasteiger partial charge in [0.15, 0.2) is 5.82 Å². The van der Waals surface area contributed by atoms with Crippen LogP contribution in [0.3, 0.4) is 0 Å². The van der Waals surface area contributed by atoms with Crippen LogP contribution < -0.4 is 10.1 Å². The second-order valence-corrected chi connectivity index (χ2v) is 6.70. The lowest BCUT2D eigenvalue weighted by atomic mass is 10.2. The van der Waals surface area contributed by atoms with Gasteiger partial charge in [-0.2, -0.15) is 0 Å². The molecular formula is C20H26N4O5. The topological polar surface area (TPSA) is 97.1 Å². The number of ether oxygens (including phenoxy) is 2. The van der Waals surface area contributed by atoms with Crippen molar-refractivity contribution in [1.82, 2.24) is 15.0 Å². The number of rotatable bonds is 9. The summed E-state index contributed by atoms with van der Waals surface area (Å²) in [7, 11) is 1.57. The van der Waals surface area contributed by atoms with Gasteiger partial charge in [0.25, 0.3) is 5.91 Å². The SMILES string of the molecule is COc1ccc(C(=O)N(CCCN2CCOCC2)CC(=O)Nc2ccon2)cc1. The molecule has 3 rings (SSSR count). The standard InChI is InChI=1S/C20H26N4O5/c1-27-17-5-3-16(4-6-17)20(26)24(9-2-8-23-10-13-28-14-11-23)15-19(25)21-18-7-12-29-22-18/h3-7,12H,2,8-11,13-15H2,1H3,(H,21,22,25). The first-order chi connectivity index (χ1) is 14.2. The summed E-state index contributed by atoms with van der Waals surface area (Å²) >= 11 is 0. The number of hydrogen-bond acceptors (Lipinski definition) is 7. The first-order valence-electron chi connectivity index (χ1n) is 9.59. The predicted molar refractivity (Wildman–Crippen MR) is 106 cm³/mol. The Kier molecular flexibility index (Phi) is 7.60. The number of anilines is 1. The summed E-state index contributed by atoms with van der Waals surface area (Å²) in [5, 5.41) is 6.30. The molecule has 0 atom stereocenters. The van der Waals surface area contributed by atoms with Crippen LogP contribution in [0.25, 0.3) is 0 Å². The molecule has 1 aromatic carbocycles. The van der Waals surface area contributed by atoms with E-state index >= 15 is 0 Å². The fourth-order valence-electron chi connectivity index (χ4n) is 3.11. The molecule has 156 valence electrons. The van der Waals surface area contributed by atoms with Gasteiger partial charge >= 0.3 is 0 Å². The van der Waals surface area contributed by atoms with Crippen molar-refractivity contribution < 1.29 is 23.6 Å². The molecule has 1 saturated heterocycles. The smallest absolute Gasteiger partial charge is 0.254 e. The van der Waals surface area contributed by atoms with Gasteiger partial charge in [-0.1, -0.05) is 5.16 Å². The molecule has 1 aliphatic rings. The van der Waals surface area contributed by atoms with Gasteiger partial charge in [0.2, 0.25) is 5.91 Å². The number of nitrogens with one attached hydrogen (secondary N) is 1. The molecule has 1 N–H and O–H groups in total. The maximum atomic E-state index is 13.0. The molecular weight excluding hydrogens is 376 g/mol. The lowest BCUT2D eigenvalue weighted by Crippen LogP contribution is -2.41. The van der Waals surface area contributed by atoms with Crippen molar-refractivity contribution in [2.45, 2.75) is 6.42 Å². The second-order valence-electron chi connectivity index (χ2n) is 6.70. The summed E-state index contributed by atoms with van der Waals surface area (Å²) in [4.78, 5) is 29.2. The van der Waals surface area contributed by atoms with Crippen LogP contribution in [0.5, 0.6) is 5.75 Å². The van der Waals surface area contributed by atoms with E-state index in [0.29, 0.717) is 23.7 Å². The van der Waals surface area contributed by atoms with Crippen LogP contribution in [0.2, 0.25) is 0 Å². The average molecular weight is 402 g/mol. The normalized spacial score (nSPS) is 14.4. The highest BCUT2D eigenvalue weighted by Gasteiger charge is 2.20. The Bertz CT molecular complexity index is 773. The van der Waals surface area contributed by atoms with Crippen LogP contribution in [-0.2, 0) is 9.53 Å². The molecule has 2 aromatic rings. The zero-order valence-corrected chi connectivity index (χ0v) is 16.5. The molecule has 1 aliphatic heterocycles. The lowest BCUT2D eigenvalue weighted by Gasteiger charge is -2.28. The predicted octanol–water partition coefficient (Wildman–Crippen LogP) is 1.49. The van der Waals surface area contributed by atoms with Crippen LogP contribution >= 0.6 is 0 Å². The Labute approximate surface area is 169 Å². The fraction of sp³-hybridized carbons (Fsp3) is 0.450. The molecule has 0 unspecified atom stereocenters. The van der Waals surface area contributed by atoms with Crippen molar-refractivity contribution in [3.8, 4) is 5.75 Å². The van der Waals surface area contributed by atoms with E-state index in [1.54, 1.807) is 42.3 Å². The number of benzene rings is 1. The maximum absolute atomic E-state index is 13.0. The van der Waals surface area contributed by atoms with E-state index in [9.17, 15) is 9.59 Å². The first kappa shape index (κ1) is 20.8. The van der Waals surface area contributed by atoms with Crippen molar-refractivity contribution in [3.05, 3.63) is 42.2 Å². The largest absolute Gasteiger partial charge is 0.497 e. The number of methoxy groups -OCH3 is 1. The third kappa shape index (κ3) is 6.30. The van der Waals surface area contributed by atoms with Gasteiger partial charge < -0.3 is 24.2 Å². The van der Waals surface area contributed by atoms with E-state index in [1.807, 2.05) is 0 Å². The van der Waals surface area contributed by atoms with E-state index in [2.05, 4.69) is 15.4 Å². The number of carbonyl (C=O) groups is 2. The molecule has 0 aliphatic carbocycles. The van der Waals surface area contributed by atoms with Crippen LogP contribution in [0.4, 0.5) is 5.82 Å². The van der Waals surface area contributed by atoms with Crippen LogP contribution in [0, 0.1) is 0 Å². The number of carbonyl (C=O) groups excluding carboxylic acids is 2. The van der Waals surface area contributed by atoms with Gasteiger partial charge in [-0.3, -0.25) is 14.5 Å². The molecule has 1 fully saturated rings. The van der Waals surface area contributed by atoms with Gasteiger partial charge in [0, 0.05) is 37.8 Å². The maximum Gasteiger partial charge on any atom is 0.254 e. The molecule has 9 nitrogen and oxygen atoms in total. The zero-order chi connectivity index (χ0) is 20.5. The van der Waals surface area contributed by atoms with Gasteiger partial charge in [-0.25, -0.2) is 0 Å². The van der Waals surface area contributed by atoms with E-state index in [1.165, 1.54) is 6.26 Å². The molecule has 1 aromatic heterocycles. The molecule has 2 amide bonds. The quantitative estimate of drug-likeness (QED) is 0.679. The lowest BCUT2D eigenvalue weighted by molar-refractivity contribution is -0.117. The van der Waals surface area contributed by atoms with Crippen molar-refractivity contribution in [3.63, 3.8) is 0 Å². The van der Waals surface area contributed by atoms with E-state index < -0.39 is 0 Å². The minimum absolute atomic E-state index is 0.0686. The number of morpholine rings is 1.